The van der Waals surface area contributed by atoms with Gasteiger partial charge in [0.1, 0.15) is 0 Å². The van der Waals surface area contributed by atoms with Gasteiger partial charge in [0.05, 0.1) is 7.82 Å². The molecular weight excluding hydrogens is 351 g/mol. The molecule has 0 atom stereocenters. The average Bonchev–Trinajstić information content (AvgIpc) is 1.12. The van der Waals surface area contributed by atoms with Crippen molar-refractivity contribution in [2.24, 2.45) is 0 Å². The Kier molecular flexibility index (Phi) is 77.6. The van der Waals surface area contributed by atoms with Gasteiger partial charge in [-0.3, -0.25) is 4.57 Å². The van der Waals surface area contributed by atoms with E-state index in [9.17, 15) is 0 Å². The molecule has 0 aromatic rings. The van der Waals surface area contributed by atoms with Crippen molar-refractivity contribution in [2.75, 3.05) is 0 Å². The monoisotopic (exact) mass is 362 g/mol. The fourth-order valence-electron chi connectivity index (χ4n) is 0. The van der Waals surface area contributed by atoms with Crippen molar-refractivity contribution in [1.82, 2.24) is 12.3 Å². The molecule has 0 saturated carbocycles. The van der Waals surface area contributed by atoms with Gasteiger partial charge < -0.3 is 51.7 Å². The minimum absolute atomic E-state index is 0. The Balaban J connectivity index is -0.00000000970. The Hall–Kier alpha value is 5.01. The predicted molar refractivity (Wildman–Crippen MR) is 35.5 cm³/mol. The van der Waals surface area contributed by atoms with Gasteiger partial charge >= 0.3 is 154 Å². The van der Waals surface area contributed by atoms with Gasteiger partial charge in [-0.1, -0.05) is 0 Å². The largest absolute Gasteiger partial charge is 1.00 e. The zero-order valence-corrected chi connectivity index (χ0v) is 20.3. The summed E-state index contributed by atoms with van der Waals surface area (Å²) >= 11 is 0. The fourth-order valence-corrected chi connectivity index (χ4v) is 0. The summed E-state index contributed by atoms with van der Waals surface area (Å²) in [5.41, 5.74) is 0. The van der Waals surface area contributed by atoms with Crippen LogP contribution in [0.3, 0.4) is 0 Å². The topological polar surface area (TPSA) is 266 Å². The minimum Gasteiger partial charge on any atom is -0.790 e. The third kappa shape index (κ3) is 246. The van der Waals surface area contributed by atoms with Crippen molar-refractivity contribution in [3.8, 4) is 0 Å². The van der Waals surface area contributed by atoms with E-state index in [1.165, 1.54) is 0 Å². The summed E-state index contributed by atoms with van der Waals surface area (Å²) in [6.07, 6.45) is 0. The molecule has 0 heterocycles. The molecule has 0 bridgehead atoms. The van der Waals surface area contributed by atoms with Gasteiger partial charge in [0.25, 0.3) is 7.82 Å². The molecule has 11 nitrogen and oxygen atoms in total. The summed E-state index contributed by atoms with van der Waals surface area (Å²) in [6.45, 7) is 0. The molecular formula is H11K3N2O9P2. The van der Waals surface area contributed by atoms with Crippen LogP contribution in [0.15, 0.2) is 0 Å². The molecule has 0 amide bonds. The predicted octanol–water partition coefficient (Wildman–Crippen LogP) is -13.2. The van der Waals surface area contributed by atoms with Crippen LogP contribution < -0.4 is 181 Å². The number of phosphoric acid groups is 2. The third-order valence-electron chi connectivity index (χ3n) is 0. The number of hydrogen-bond acceptors (Lipinski definition) is 7. The van der Waals surface area contributed by atoms with Gasteiger partial charge in [-0.25, -0.2) is 0 Å². The Bertz CT molecular complexity index is 139. The molecule has 0 aromatic heterocycles. The Labute approximate surface area is 220 Å². The normalized spacial score (nSPS) is 7.38. The van der Waals surface area contributed by atoms with Crippen molar-refractivity contribution in [1.29, 1.82) is 0 Å². The molecule has 11 N–H and O–H groups in total. The average molecular weight is 362 g/mol. The van der Waals surface area contributed by atoms with Crippen molar-refractivity contribution < 1.29 is 198 Å². The van der Waals surface area contributed by atoms with Crippen LogP contribution in [0.1, 0.15) is 0 Å². The molecule has 88 valence electrons. The molecule has 0 unspecified atom stereocenters. The van der Waals surface area contributed by atoms with E-state index in [0.717, 1.165) is 0 Å². The minimum atomic E-state index is -5.14. The summed E-state index contributed by atoms with van der Waals surface area (Å²) in [7, 11) is -10.0. The summed E-state index contributed by atoms with van der Waals surface area (Å²) < 4.78 is 17.4. The van der Waals surface area contributed by atoms with E-state index in [-0.39, 0.29) is 172 Å². The fraction of sp³-hybridized carbons (Fsp3) is 0. The Morgan fingerprint density at radius 1 is 0.750 bits per heavy atom. The van der Waals surface area contributed by atoms with Gasteiger partial charge in [-0.2, -0.15) is 0 Å². The Morgan fingerprint density at radius 3 is 0.750 bits per heavy atom. The molecule has 0 aliphatic rings. The van der Waals surface area contributed by atoms with Gasteiger partial charge in [0, 0.05) is 0 Å². The van der Waals surface area contributed by atoms with Crippen LogP contribution in [0.5, 0.6) is 0 Å². The molecule has 16 heavy (non-hydrogen) atoms. The first kappa shape index (κ1) is 49.7. The van der Waals surface area contributed by atoms with E-state index in [2.05, 4.69) is 0 Å². The first-order chi connectivity index (χ1) is 4.00. The summed E-state index contributed by atoms with van der Waals surface area (Å²) in [4.78, 5) is 47.2. The van der Waals surface area contributed by atoms with Crippen LogP contribution in [0.25, 0.3) is 0 Å². The Morgan fingerprint density at radius 2 is 0.750 bits per heavy atom. The molecule has 0 radical (unpaired) electrons. The van der Waals surface area contributed by atoms with Crippen LogP contribution in [0, 0.1) is 0 Å². The van der Waals surface area contributed by atoms with E-state index in [0.29, 0.717) is 0 Å². The standard InChI is InChI=1S/3K.2H3N.2H3O4P.H2O/c;;;;;2*1-5(2,3)4;/h;;;2*1H3;2*(H3,1,2,3,4);1H2/q3*+1;;;;;/p-3. The van der Waals surface area contributed by atoms with Gasteiger partial charge in [0.2, 0.25) is 0 Å². The molecule has 16 heteroatoms. The van der Waals surface area contributed by atoms with Gasteiger partial charge in [0.15, 0.2) is 0 Å². The molecule has 0 saturated heterocycles. The van der Waals surface area contributed by atoms with Crippen molar-refractivity contribution >= 4 is 15.6 Å². The smallest absolute Gasteiger partial charge is 0.790 e. The summed E-state index contributed by atoms with van der Waals surface area (Å²) in [6, 6.07) is 0. The third-order valence-corrected chi connectivity index (χ3v) is 0. The van der Waals surface area contributed by atoms with E-state index >= 15 is 0 Å². The van der Waals surface area contributed by atoms with Crippen LogP contribution in [0.2, 0.25) is 0 Å². The zero-order valence-electron chi connectivity index (χ0n) is 9.19. The quantitative estimate of drug-likeness (QED) is 0.200. The van der Waals surface area contributed by atoms with E-state index in [1.807, 2.05) is 0 Å². The molecule has 0 fully saturated rings. The van der Waals surface area contributed by atoms with Crippen LogP contribution in [-0.2, 0) is 9.13 Å². The van der Waals surface area contributed by atoms with Crippen molar-refractivity contribution in [3.63, 3.8) is 0 Å². The molecule has 0 spiro atoms. The van der Waals surface area contributed by atoms with E-state index in [1.54, 1.807) is 0 Å². The van der Waals surface area contributed by atoms with E-state index in [4.69, 9.17) is 38.5 Å². The van der Waals surface area contributed by atoms with Crippen molar-refractivity contribution in [2.45, 2.75) is 0 Å². The van der Waals surface area contributed by atoms with Crippen LogP contribution in [0.4, 0.5) is 0 Å². The maximum atomic E-state index is 8.77. The first-order valence-electron chi connectivity index (χ1n) is 1.51. The summed E-state index contributed by atoms with van der Waals surface area (Å²) in [5.74, 6) is 0. The molecule has 0 aromatic carbocycles. The molecule has 0 aliphatic heterocycles. The maximum absolute atomic E-state index is 8.77. The van der Waals surface area contributed by atoms with Crippen molar-refractivity contribution in [3.05, 3.63) is 0 Å². The second-order valence-corrected chi connectivity index (χ2v) is 2.88. The van der Waals surface area contributed by atoms with Gasteiger partial charge in [-0.15, -0.1) is 0 Å². The molecule has 0 rings (SSSR count). The number of hydrogen-bond donors (Lipinski definition) is 5. The second kappa shape index (κ2) is 25.0. The number of rotatable bonds is 0. The molecule has 0 aliphatic carbocycles. The SMILES string of the molecule is N.N.O.O=P([O-])(O)O.O=P([O-])([O-])O.[K+].[K+].[K+]. The zero-order chi connectivity index (χ0) is 9.00. The van der Waals surface area contributed by atoms with E-state index < -0.39 is 15.6 Å². The van der Waals surface area contributed by atoms with Crippen LogP contribution >= 0.6 is 15.6 Å². The summed E-state index contributed by atoms with van der Waals surface area (Å²) in [5, 5.41) is 0. The maximum Gasteiger partial charge on any atom is 1.00 e. The van der Waals surface area contributed by atoms with Crippen LogP contribution in [-0.4, -0.2) is 20.2 Å². The second-order valence-electron chi connectivity index (χ2n) is 0.959. The first-order valence-corrected chi connectivity index (χ1v) is 4.54. The van der Waals surface area contributed by atoms with Gasteiger partial charge in [-0.05, 0) is 0 Å².